The number of anilines is 1. The normalized spacial score (nSPS) is 12.9. The van der Waals surface area contributed by atoms with Crippen LogP contribution in [-0.2, 0) is 19.1 Å². The van der Waals surface area contributed by atoms with E-state index in [9.17, 15) is 19.2 Å². The zero-order chi connectivity index (χ0) is 29.7. The van der Waals surface area contributed by atoms with Crippen molar-refractivity contribution in [2.45, 2.75) is 85.5 Å². The summed E-state index contributed by atoms with van der Waals surface area (Å²) in [6, 6.07) is 7.85. The van der Waals surface area contributed by atoms with E-state index in [1.54, 1.807) is 46.8 Å². The molecule has 9 nitrogen and oxygen atoms in total. The number of nitrogens with zero attached hydrogens (tertiary/aromatic N) is 1. The SMILES string of the molecule is Cc1cc(C)cc(C(C(=O)Nc2c(C)cccc2Cl)N(C(=O)C(CC(N)=O)NC(=O)OC(C)(C)C)C(C)C)c1. The van der Waals surface area contributed by atoms with Gasteiger partial charge in [0.25, 0.3) is 5.91 Å². The summed E-state index contributed by atoms with van der Waals surface area (Å²) >= 11 is 6.39. The molecule has 2 unspecified atom stereocenters. The molecule has 4 amide bonds. The first-order valence-corrected chi connectivity index (χ1v) is 13.1. The Labute approximate surface area is 235 Å². The number of hydrogen-bond donors (Lipinski definition) is 3. The van der Waals surface area contributed by atoms with Crippen molar-refractivity contribution in [3.05, 3.63) is 63.7 Å². The van der Waals surface area contributed by atoms with Crippen LogP contribution in [0.1, 0.15) is 69.3 Å². The summed E-state index contributed by atoms with van der Waals surface area (Å²) in [5.41, 5.74) is 8.13. The van der Waals surface area contributed by atoms with Crippen LogP contribution in [0.25, 0.3) is 0 Å². The van der Waals surface area contributed by atoms with E-state index >= 15 is 0 Å². The van der Waals surface area contributed by atoms with Crippen molar-refractivity contribution in [3.8, 4) is 0 Å². The fourth-order valence-corrected chi connectivity index (χ4v) is 4.57. The summed E-state index contributed by atoms with van der Waals surface area (Å²) in [4.78, 5) is 53.9. The number of alkyl carbamates (subject to hydrolysis) is 1. The van der Waals surface area contributed by atoms with E-state index in [0.717, 1.165) is 16.7 Å². The molecule has 0 aliphatic carbocycles. The van der Waals surface area contributed by atoms with E-state index < -0.39 is 54.0 Å². The van der Waals surface area contributed by atoms with E-state index in [1.807, 2.05) is 45.0 Å². The van der Waals surface area contributed by atoms with Gasteiger partial charge in [0.05, 0.1) is 17.1 Å². The summed E-state index contributed by atoms with van der Waals surface area (Å²) in [6.07, 6.45) is -1.36. The van der Waals surface area contributed by atoms with E-state index in [1.165, 1.54) is 4.90 Å². The highest BCUT2D eigenvalue weighted by Gasteiger charge is 2.39. The third kappa shape index (κ3) is 8.99. The molecule has 0 radical (unpaired) electrons. The summed E-state index contributed by atoms with van der Waals surface area (Å²) in [5.74, 6) is -1.97. The van der Waals surface area contributed by atoms with E-state index in [2.05, 4.69) is 10.6 Å². The van der Waals surface area contributed by atoms with Gasteiger partial charge in [0.15, 0.2) is 0 Å². The monoisotopic (exact) mass is 558 g/mol. The molecule has 4 N–H and O–H groups in total. The molecule has 0 saturated carbocycles. The lowest BCUT2D eigenvalue weighted by molar-refractivity contribution is -0.143. The van der Waals surface area contributed by atoms with Gasteiger partial charge in [-0.3, -0.25) is 14.4 Å². The van der Waals surface area contributed by atoms with E-state index in [-0.39, 0.29) is 0 Å². The molecular formula is C29H39ClN4O5. The number of nitrogens with one attached hydrogen (secondary N) is 2. The molecule has 39 heavy (non-hydrogen) atoms. The minimum Gasteiger partial charge on any atom is -0.444 e. The first-order valence-electron chi connectivity index (χ1n) is 12.7. The number of aryl methyl sites for hydroxylation is 3. The molecule has 0 heterocycles. The predicted molar refractivity (Wildman–Crippen MR) is 152 cm³/mol. The van der Waals surface area contributed by atoms with Gasteiger partial charge in [-0.2, -0.15) is 0 Å². The Kier molecular flexibility index (Phi) is 10.5. The van der Waals surface area contributed by atoms with Gasteiger partial charge in [-0.1, -0.05) is 53.1 Å². The van der Waals surface area contributed by atoms with Crippen LogP contribution in [0.15, 0.2) is 36.4 Å². The minimum absolute atomic E-state index is 0.350. The first-order chi connectivity index (χ1) is 18.0. The third-order valence-electron chi connectivity index (χ3n) is 5.76. The molecule has 0 fully saturated rings. The number of benzene rings is 2. The van der Waals surface area contributed by atoms with Crippen LogP contribution in [0.3, 0.4) is 0 Å². The molecule has 10 heteroatoms. The number of nitrogens with two attached hydrogens (primary N) is 1. The smallest absolute Gasteiger partial charge is 0.408 e. The quantitative estimate of drug-likeness (QED) is 0.401. The van der Waals surface area contributed by atoms with Crippen molar-refractivity contribution in [3.63, 3.8) is 0 Å². The average molecular weight is 559 g/mol. The van der Waals surface area contributed by atoms with Gasteiger partial charge in [-0.25, -0.2) is 4.79 Å². The minimum atomic E-state index is -1.36. The molecule has 2 aromatic rings. The molecule has 0 aliphatic heterocycles. The highest BCUT2D eigenvalue weighted by molar-refractivity contribution is 6.34. The Balaban J connectivity index is 2.62. The molecule has 0 aliphatic rings. The summed E-state index contributed by atoms with van der Waals surface area (Å²) in [7, 11) is 0. The van der Waals surface area contributed by atoms with Crippen molar-refractivity contribution in [1.82, 2.24) is 10.2 Å². The highest BCUT2D eigenvalue weighted by atomic mass is 35.5. The molecule has 2 atom stereocenters. The molecule has 2 aromatic carbocycles. The number of carbonyl (C=O) groups excluding carboxylic acids is 4. The number of ether oxygens (including phenoxy) is 1. The van der Waals surface area contributed by atoms with Crippen molar-refractivity contribution in [2.24, 2.45) is 5.73 Å². The molecule has 0 aromatic heterocycles. The van der Waals surface area contributed by atoms with Gasteiger partial charge in [0.1, 0.15) is 17.7 Å². The largest absolute Gasteiger partial charge is 0.444 e. The lowest BCUT2D eigenvalue weighted by atomic mass is 9.97. The number of carbonyl (C=O) groups is 4. The molecule has 212 valence electrons. The molecule has 0 saturated heterocycles. The van der Waals surface area contributed by atoms with Crippen molar-refractivity contribution >= 4 is 41.1 Å². The lowest BCUT2D eigenvalue weighted by Crippen LogP contribution is -2.55. The predicted octanol–water partition coefficient (Wildman–Crippen LogP) is 4.95. The van der Waals surface area contributed by atoms with Gasteiger partial charge in [-0.05, 0) is 72.6 Å². The topological polar surface area (TPSA) is 131 Å². The lowest BCUT2D eigenvalue weighted by Gasteiger charge is -2.37. The second-order valence-electron chi connectivity index (χ2n) is 11.0. The number of hydrogen-bond acceptors (Lipinski definition) is 5. The number of para-hydroxylation sites is 1. The molecule has 0 spiro atoms. The Hall–Kier alpha value is -3.59. The maximum Gasteiger partial charge on any atom is 0.408 e. The fourth-order valence-electron chi connectivity index (χ4n) is 4.30. The summed E-state index contributed by atoms with van der Waals surface area (Å²) in [5, 5.41) is 5.71. The summed E-state index contributed by atoms with van der Waals surface area (Å²) in [6.45, 7) is 14.1. The molecule has 2 rings (SSSR count). The van der Waals surface area contributed by atoms with Gasteiger partial charge in [0.2, 0.25) is 11.8 Å². The zero-order valence-electron chi connectivity index (χ0n) is 23.8. The fraction of sp³-hybridized carbons (Fsp3) is 0.448. The zero-order valence-corrected chi connectivity index (χ0v) is 24.6. The van der Waals surface area contributed by atoms with Gasteiger partial charge < -0.3 is 26.0 Å². The van der Waals surface area contributed by atoms with Gasteiger partial charge in [-0.15, -0.1) is 0 Å². The maximum atomic E-state index is 14.0. The Morgan fingerprint density at radius 3 is 2.10 bits per heavy atom. The standard InChI is InChI=1S/C29H39ClN4O5/c1-16(2)34(27(37)22(15-23(31)35)32-28(38)39-29(6,7)8)25(20-13-17(3)12-18(4)14-20)26(36)33-24-19(5)10-9-11-21(24)30/h9-14,16,22,25H,15H2,1-8H3,(H2,31,35)(H,32,38)(H,33,36). The Bertz CT molecular complexity index is 1200. The second-order valence-corrected chi connectivity index (χ2v) is 11.4. The highest BCUT2D eigenvalue weighted by Crippen LogP contribution is 2.31. The number of rotatable bonds is 9. The van der Waals surface area contributed by atoms with Crippen molar-refractivity contribution in [1.29, 1.82) is 0 Å². The number of halogens is 1. The van der Waals surface area contributed by atoms with Crippen LogP contribution in [0.5, 0.6) is 0 Å². The molecule has 0 bridgehead atoms. The average Bonchev–Trinajstić information content (AvgIpc) is 2.76. The van der Waals surface area contributed by atoms with E-state index in [4.69, 9.17) is 22.1 Å². The number of amides is 4. The number of primary amides is 1. The van der Waals surface area contributed by atoms with Crippen LogP contribution >= 0.6 is 11.6 Å². The van der Waals surface area contributed by atoms with Gasteiger partial charge >= 0.3 is 6.09 Å². The third-order valence-corrected chi connectivity index (χ3v) is 6.08. The van der Waals surface area contributed by atoms with Crippen LogP contribution in [0.4, 0.5) is 10.5 Å². The molecular weight excluding hydrogens is 520 g/mol. The Morgan fingerprint density at radius 2 is 1.62 bits per heavy atom. The summed E-state index contributed by atoms with van der Waals surface area (Å²) < 4.78 is 5.30. The van der Waals surface area contributed by atoms with Crippen molar-refractivity contribution < 1.29 is 23.9 Å². The van der Waals surface area contributed by atoms with Crippen LogP contribution < -0.4 is 16.4 Å². The first kappa shape index (κ1) is 31.6. The maximum absolute atomic E-state index is 14.0. The van der Waals surface area contributed by atoms with Crippen LogP contribution in [-0.4, -0.2) is 46.4 Å². The van der Waals surface area contributed by atoms with E-state index in [0.29, 0.717) is 16.3 Å². The Morgan fingerprint density at radius 1 is 1.03 bits per heavy atom. The second kappa shape index (κ2) is 13.0. The van der Waals surface area contributed by atoms with Crippen LogP contribution in [0.2, 0.25) is 5.02 Å². The van der Waals surface area contributed by atoms with Crippen LogP contribution in [0, 0.1) is 20.8 Å². The van der Waals surface area contributed by atoms with Crippen molar-refractivity contribution in [2.75, 3.05) is 5.32 Å². The van der Waals surface area contributed by atoms with Gasteiger partial charge in [0, 0.05) is 6.04 Å².